The van der Waals surface area contributed by atoms with Gasteiger partial charge in [0.25, 0.3) is 5.91 Å². The Hall–Kier alpha value is -1.20. The molecule has 0 atom stereocenters. The summed E-state index contributed by atoms with van der Waals surface area (Å²) in [6.45, 7) is -0.161. The molecular formula is C21H26ClNO3S. The van der Waals surface area contributed by atoms with Crippen molar-refractivity contribution in [2.45, 2.75) is 55.4 Å². The van der Waals surface area contributed by atoms with Crippen LogP contribution in [-0.2, 0) is 14.3 Å². The lowest BCUT2D eigenvalue weighted by atomic mass is 9.53. The third kappa shape index (κ3) is 4.80. The van der Waals surface area contributed by atoms with Crippen molar-refractivity contribution >= 4 is 35.2 Å². The van der Waals surface area contributed by atoms with Crippen LogP contribution in [0.5, 0.6) is 0 Å². The predicted molar refractivity (Wildman–Crippen MR) is 107 cm³/mol. The van der Waals surface area contributed by atoms with Gasteiger partial charge in [-0.1, -0.05) is 11.6 Å². The van der Waals surface area contributed by atoms with Gasteiger partial charge >= 0.3 is 5.97 Å². The molecule has 1 N–H and O–H groups in total. The molecule has 1 amide bonds. The molecule has 0 heterocycles. The van der Waals surface area contributed by atoms with E-state index in [-0.39, 0.29) is 30.4 Å². The molecule has 146 valence electrons. The van der Waals surface area contributed by atoms with Crippen molar-refractivity contribution < 1.29 is 14.3 Å². The number of hydrogen-bond acceptors (Lipinski definition) is 4. The third-order valence-electron chi connectivity index (χ3n) is 6.20. The first-order valence-electron chi connectivity index (χ1n) is 9.85. The molecule has 5 rings (SSSR count). The first-order chi connectivity index (χ1) is 13.0. The Bertz CT molecular complexity index is 671. The second-order valence-corrected chi connectivity index (χ2v) is 10.1. The van der Waals surface area contributed by atoms with Crippen LogP contribution >= 0.6 is 23.4 Å². The number of carbonyl (C=O) groups excluding carboxylic acids is 2. The zero-order chi connectivity index (χ0) is 18.9. The van der Waals surface area contributed by atoms with E-state index in [9.17, 15) is 9.59 Å². The molecular weight excluding hydrogens is 382 g/mol. The number of carbonyl (C=O) groups is 2. The highest BCUT2D eigenvalue weighted by Gasteiger charge is 2.51. The van der Waals surface area contributed by atoms with Gasteiger partial charge in [0.2, 0.25) is 0 Å². The molecule has 27 heavy (non-hydrogen) atoms. The van der Waals surface area contributed by atoms with Gasteiger partial charge in [-0.3, -0.25) is 9.59 Å². The third-order valence-corrected chi connectivity index (χ3v) is 7.46. The van der Waals surface area contributed by atoms with Crippen LogP contribution in [0.1, 0.15) is 44.9 Å². The number of benzene rings is 1. The number of thioether (sulfide) groups is 1. The van der Waals surface area contributed by atoms with Gasteiger partial charge in [0, 0.05) is 21.2 Å². The maximum atomic E-state index is 12.4. The molecule has 4 fully saturated rings. The normalized spacial score (nSPS) is 30.9. The van der Waals surface area contributed by atoms with Gasteiger partial charge in [0.15, 0.2) is 6.61 Å². The van der Waals surface area contributed by atoms with E-state index in [4.69, 9.17) is 16.3 Å². The van der Waals surface area contributed by atoms with Gasteiger partial charge < -0.3 is 10.1 Å². The average Bonchev–Trinajstić information content (AvgIpc) is 2.60. The SMILES string of the molecule is O=C(COC(=O)CCSc1ccc(Cl)cc1)NC12CC3CC(CC(C3)C1)C2. The van der Waals surface area contributed by atoms with E-state index in [1.54, 1.807) is 11.8 Å². The van der Waals surface area contributed by atoms with Gasteiger partial charge in [-0.05, 0) is 80.5 Å². The molecule has 0 unspecified atom stereocenters. The van der Waals surface area contributed by atoms with Gasteiger partial charge in [0.05, 0.1) is 6.42 Å². The van der Waals surface area contributed by atoms with Crippen molar-refractivity contribution in [3.63, 3.8) is 0 Å². The molecule has 4 nitrogen and oxygen atoms in total. The predicted octanol–water partition coefficient (Wildman–Crippen LogP) is 4.45. The van der Waals surface area contributed by atoms with Crippen LogP contribution in [0, 0.1) is 17.8 Å². The summed E-state index contributed by atoms with van der Waals surface area (Å²) in [4.78, 5) is 25.3. The van der Waals surface area contributed by atoms with Crippen LogP contribution in [0.15, 0.2) is 29.2 Å². The summed E-state index contributed by atoms with van der Waals surface area (Å²) in [7, 11) is 0. The first-order valence-corrected chi connectivity index (χ1v) is 11.2. The van der Waals surface area contributed by atoms with Gasteiger partial charge in [-0.2, -0.15) is 0 Å². The smallest absolute Gasteiger partial charge is 0.307 e. The van der Waals surface area contributed by atoms with E-state index in [1.807, 2.05) is 24.3 Å². The highest BCUT2D eigenvalue weighted by atomic mass is 35.5. The molecule has 1 aromatic rings. The van der Waals surface area contributed by atoms with E-state index >= 15 is 0 Å². The number of halogens is 1. The van der Waals surface area contributed by atoms with Gasteiger partial charge in [0.1, 0.15) is 0 Å². The summed E-state index contributed by atoms with van der Waals surface area (Å²) in [5.74, 6) is 2.50. The summed E-state index contributed by atoms with van der Waals surface area (Å²) in [5.41, 5.74) is -0.0251. The Balaban J connectivity index is 1.17. The topological polar surface area (TPSA) is 55.4 Å². The first kappa shape index (κ1) is 19.1. The van der Waals surface area contributed by atoms with Gasteiger partial charge in [-0.15, -0.1) is 11.8 Å². The monoisotopic (exact) mass is 407 g/mol. The largest absolute Gasteiger partial charge is 0.456 e. The minimum absolute atomic E-state index is 0.0251. The number of rotatable bonds is 7. The Kier molecular flexibility index (Phi) is 5.70. The van der Waals surface area contributed by atoms with Crippen LogP contribution in [0.2, 0.25) is 5.02 Å². The quantitative estimate of drug-likeness (QED) is 0.535. The zero-order valence-corrected chi connectivity index (χ0v) is 17.0. The number of esters is 1. The van der Waals surface area contributed by atoms with Crippen LogP contribution in [-0.4, -0.2) is 29.8 Å². The molecule has 4 aliphatic carbocycles. The molecule has 1 aromatic carbocycles. The molecule has 4 bridgehead atoms. The summed E-state index contributed by atoms with van der Waals surface area (Å²) >= 11 is 7.43. The molecule has 0 aromatic heterocycles. The fourth-order valence-electron chi connectivity index (χ4n) is 5.60. The zero-order valence-electron chi connectivity index (χ0n) is 15.4. The minimum atomic E-state index is -0.322. The van der Waals surface area contributed by atoms with Crippen molar-refractivity contribution in [2.75, 3.05) is 12.4 Å². The highest BCUT2D eigenvalue weighted by Crippen LogP contribution is 2.55. The molecule has 0 aliphatic heterocycles. The van der Waals surface area contributed by atoms with E-state index in [0.717, 1.165) is 41.9 Å². The maximum Gasteiger partial charge on any atom is 0.307 e. The molecule has 4 saturated carbocycles. The minimum Gasteiger partial charge on any atom is -0.456 e. The molecule has 6 heteroatoms. The second kappa shape index (κ2) is 8.04. The van der Waals surface area contributed by atoms with Crippen molar-refractivity contribution in [2.24, 2.45) is 17.8 Å². The fraction of sp³-hybridized carbons (Fsp3) is 0.619. The number of ether oxygens (including phenoxy) is 1. The Morgan fingerprint density at radius 2 is 1.67 bits per heavy atom. The Morgan fingerprint density at radius 1 is 1.07 bits per heavy atom. The lowest BCUT2D eigenvalue weighted by Crippen LogP contribution is -2.60. The van der Waals surface area contributed by atoms with E-state index in [0.29, 0.717) is 10.8 Å². The number of hydrogen-bond donors (Lipinski definition) is 1. The second-order valence-electron chi connectivity index (χ2n) is 8.46. The van der Waals surface area contributed by atoms with Crippen LogP contribution < -0.4 is 5.32 Å². The van der Waals surface area contributed by atoms with Crippen LogP contribution in [0.3, 0.4) is 0 Å². The van der Waals surface area contributed by atoms with E-state index in [2.05, 4.69) is 5.32 Å². The summed E-state index contributed by atoms with van der Waals surface area (Å²) in [6, 6.07) is 7.52. The highest BCUT2D eigenvalue weighted by molar-refractivity contribution is 7.99. The fourth-order valence-corrected chi connectivity index (χ4v) is 6.56. The van der Waals surface area contributed by atoms with Crippen molar-refractivity contribution in [1.29, 1.82) is 0 Å². The molecule has 4 aliphatic rings. The lowest BCUT2D eigenvalue weighted by molar-refractivity contribution is -0.149. The Morgan fingerprint density at radius 3 is 2.26 bits per heavy atom. The standard InChI is InChI=1S/C21H26ClNO3S/c22-17-1-3-18(4-2-17)27-6-5-20(25)26-13-19(24)23-21-10-14-7-15(11-21)9-16(8-14)12-21/h1-4,14-16H,5-13H2,(H,23,24). The van der Waals surface area contributed by atoms with Crippen molar-refractivity contribution in [1.82, 2.24) is 5.32 Å². The van der Waals surface area contributed by atoms with Crippen LogP contribution in [0.25, 0.3) is 0 Å². The summed E-state index contributed by atoms with van der Waals surface area (Å²) in [6.07, 6.45) is 7.64. The van der Waals surface area contributed by atoms with Gasteiger partial charge in [-0.25, -0.2) is 0 Å². The van der Waals surface area contributed by atoms with Crippen molar-refractivity contribution in [3.05, 3.63) is 29.3 Å². The van der Waals surface area contributed by atoms with E-state index in [1.165, 1.54) is 19.3 Å². The molecule has 0 saturated heterocycles. The lowest BCUT2D eigenvalue weighted by Gasteiger charge is -2.56. The molecule has 0 radical (unpaired) electrons. The number of amides is 1. The number of nitrogens with one attached hydrogen (secondary N) is 1. The summed E-state index contributed by atoms with van der Waals surface area (Å²) in [5, 5.41) is 3.93. The van der Waals surface area contributed by atoms with Crippen LogP contribution in [0.4, 0.5) is 0 Å². The maximum absolute atomic E-state index is 12.4. The Labute approximate surface area is 169 Å². The average molecular weight is 408 g/mol. The van der Waals surface area contributed by atoms with Crippen molar-refractivity contribution in [3.8, 4) is 0 Å². The molecule has 0 spiro atoms. The van der Waals surface area contributed by atoms with E-state index < -0.39 is 0 Å². The summed E-state index contributed by atoms with van der Waals surface area (Å²) < 4.78 is 5.19.